The molecular formula is C10H16N4O3. The largest absolute Gasteiger partial charge is 0.480 e. The second kappa shape index (κ2) is 6.09. The smallest absolute Gasteiger partial charge is 0.326 e. The van der Waals surface area contributed by atoms with E-state index in [9.17, 15) is 9.59 Å². The highest BCUT2D eigenvalue weighted by atomic mass is 16.4. The molecule has 0 spiro atoms. The highest BCUT2D eigenvalue weighted by Gasteiger charge is 2.31. The molecule has 3 atom stereocenters. The van der Waals surface area contributed by atoms with Gasteiger partial charge in [-0.3, -0.25) is 9.79 Å². The zero-order chi connectivity index (χ0) is 12.8. The summed E-state index contributed by atoms with van der Waals surface area (Å²) in [5.41, 5.74) is 5.23. The van der Waals surface area contributed by atoms with Crippen molar-refractivity contribution in [3.63, 3.8) is 0 Å². The second-order valence-electron chi connectivity index (χ2n) is 3.83. The van der Waals surface area contributed by atoms with Gasteiger partial charge in [0.25, 0.3) is 0 Å². The number of nitrogens with one attached hydrogen (secondary N) is 1. The lowest BCUT2D eigenvalue weighted by molar-refractivity contribution is -0.143. The van der Waals surface area contributed by atoms with Crippen LogP contribution in [0.2, 0.25) is 0 Å². The Bertz CT molecular complexity index is 341. The van der Waals surface area contributed by atoms with Crippen molar-refractivity contribution < 1.29 is 14.7 Å². The van der Waals surface area contributed by atoms with E-state index in [1.165, 1.54) is 6.34 Å². The molecule has 0 saturated carbocycles. The number of hydrogen-bond donors (Lipinski definition) is 3. The third kappa shape index (κ3) is 3.63. The van der Waals surface area contributed by atoms with Gasteiger partial charge in [-0.2, -0.15) is 0 Å². The lowest BCUT2D eigenvalue weighted by Crippen LogP contribution is -2.48. The van der Waals surface area contributed by atoms with E-state index in [1.807, 2.05) is 0 Å². The SMILES string of the molecule is CC(C1C=NC=N1)[C@H](NC(=O)CCN)C(=O)O. The van der Waals surface area contributed by atoms with Crippen LogP contribution >= 0.6 is 0 Å². The van der Waals surface area contributed by atoms with E-state index in [0.29, 0.717) is 0 Å². The maximum atomic E-state index is 11.4. The summed E-state index contributed by atoms with van der Waals surface area (Å²) < 4.78 is 0. The first-order valence-electron chi connectivity index (χ1n) is 5.33. The van der Waals surface area contributed by atoms with Crippen molar-refractivity contribution in [1.82, 2.24) is 5.32 Å². The topological polar surface area (TPSA) is 117 Å². The molecule has 1 amide bonds. The molecule has 0 aliphatic carbocycles. The van der Waals surface area contributed by atoms with Crippen molar-refractivity contribution in [1.29, 1.82) is 0 Å². The van der Waals surface area contributed by atoms with Gasteiger partial charge in [0.05, 0.1) is 6.04 Å². The Labute approximate surface area is 98.8 Å². The first-order chi connectivity index (χ1) is 8.06. The van der Waals surface area contributed by atoms with Gasteiger partial charge < -0.3 is 16.2 Å². The first kappa shape index (κ1) is 13.3. The molecule has 0 bridgehead atoms. The summed E-state index contributed by atoms with van der Waals surface area (Å²) in [6.07, 6.45) is 3.05. The predicted molar refractivity (Wildman–Crippen MR) is 63.2 cm³/mol. The summed E-state index contributed by atoms with van der Waals surface area (Å²) in [6.45, 7) is 1.90. The Morgan fingerprint density at radius 3 is 2.76 bits per heavy atom. The van der Waals surface area contributed by atoms with Crippen molar-refractivity contribution in [2.45, 2.75) is 25.4 Å². The van der Waals surface area contributed by atoms with E-state index in [1.54, 1.807) is 13.1 Å². The molecule has 4 N–H and O–H groups in total. The Balaban J connectivity index is 2.65. The monoisotopic (exact) mass is 240 g/mol. The van der Waals surface area contributed by atoms with Crippen molar-refractivity contribution in [2.24, 2.45) is 21.6 Å². The molecule has 0 aromatic carbocycles. The van der Waals surface area contributed by atoms with Gasteiger partial charge in [0.15, 0.2) is 0 Å². The van der Waals surface area contributed by atoms with Crippen molar-refractivity contribution in [3.05, 3.63) is 0 Å². The van der Waals surface area contributed by atoms with E-state index in [0.717, 1.165) is 0 Å². The molecule has 17 heavy (non-hydrogen) atoms. The van der Waals surface area contributed by atoms with Gasteiger partial charge in [-0.05, 0) is 0 Å². The quantitative estimate of drug-likeness (QED) is 0.553. The highest BCUT2D eigenvalue weighted by Crippen LogP contribution is 2.13. The molecule has 0 aromatic rings. The summed E-state index contributed by atoms with van der Waals surface area (Å²) in [4.78, 5) is 30.3. The number of carbonyl (C=O) groups is 2. The Morgan fingerprint density at radius 1 is 1.59 bits per heavy atom. The number of hydrogen-bond acceptors (Lipinski definition) is 5. The number of rotatable bonds is 6. The molecule has 94 valence electrons. The molecule has 0 fully saturated rings. The van der Waals surface area contributed by atoms with Gasteiger partial charge in [0, 0.05) is 25.1 Å². The number of aliphatic imine (C=N–C) groups is 2. The number of carbonyl (C=O) groups excluding carboxylic acids is 1. The summed E-state index contributed by atoms with van der Waals surface area (Å²) >= 11 is 0. The molecule has 1 aliphatic heterocycles. The number of nitrogens with two attached hydrogens (primary N) is 1. The van der Waals surface area contributed by atoms with Gasteiger partial charge in [-0.25, -0.2) is 9.79 Å². The average molecular weight is 240 g/mol. The fourth-order valence-corrected chi connectivity index (χ4v) is 1.54. The number of aliphatic carboxylic acids is 1. The van der Waals surface area contributed by atoms with Gasteiger partial charge in [-0.15, -0.1) is 0 Å². The summed E-state index contributed by atoms with van der Waals surface area (Å²) in [6, 6.07) is -1.30. The number of amides is 1. The van der Waals surface area contributed by atoms with Gasteiger partial charge in [0.2, 0.25) is 5.91 Å². The lowest BCUT2D eigenvalue weighted by Gasteiger charge is -2.23. The van der Waals surface area contributed by atoms with E-state index in [2.05, 4.69) is 15.3 Å². The minimum atomic E-state index is -1.08. The van der Waals surface area contributed by atoms with Crippen LogP contribution in [-0.4, -0.2) is 48.2 Å². The fraction of sp³-hybridized carbons (Fsp3) is 0.600. The van der Waals surface area contributed by atoms with Crippen LogP contribution < -0.4 is 11.1 Å². The second-order valence-corrected chi connectivity index (χ2v) is 3.83. The van der Waals surface area contributed by atoms with Gasteiger partial charge in [-0.1, -0.05) is 6.92 Å². The van der Waals surface area contributed by atoms with E-state index < -0.39 is 12.0 Å². The fourth-order valence-electron chi connectivity index (χ4n) is 1.54. The minimum absolute atomic E-state index is 0.110. The molecule has 0 saturated heterocycles. The third-order valence-electron chi connectivity index (χ3n) is 2.56. The highest BCUT2D eigenvalue weighted by molar-refractivity contribution is 5.86. The lowest BCUT2D eigenvalue weighted by atomic mass is 9.94. The Hall–Kier alpha value is -1.76. The van der Waals surface area contributed by atoms with Crippen LogP contribution in [0.4, 0.5) is 0 Å². The summed E-state index contributed by atoms with van der Waals surface area (Å²) in [5, 5.41) is 11.5. The average Bonchev–Trinajstić information content (AvgIpc) is 2.78. The molecule has 1 aliphatic rings. The number of nitrogens with zero attached hydrogens (tertiary/aromatic N) is 2. The van der Waals surface area contributed by atoms with Crippen LogP contribution in [0.3, 0.4) is 0 Å². The molecule has 2 unspecified atom stereocenters. The van der Waals surface area contributed by atoms with Crippen LogP contribution in [0.1, 0.15) is 13.3 Å². The molecule has 0 aromatic heterocycles. The minimum Gasteiger partial charge on any atom is -0.480 e. The molecule has 0 radical (unpaired) electrons. The van der Waals surface area contributed by atoms with Crippen molar-refractivity contribution in [3.8, 4) is 0 Å². The van der Waals surface area contributed by atoms with E-state index in [-0.39, 0.29) is 30.8 Å². The van der Waals surface area contributed by atoms with Crippen LogP contribution in [0.25, 0.3) is 0 Å². The summed E-state index contributed by atoms with van der Waals surface area (Å²) in [7, 11) is 0. The molecule has 7 nitrogen and oxygen atoms in total. The molecule has 7 heteroatoms. The van der Waals surface area contributed by atoms with Crippen LogP contribution in [0.15, 0.2) is 9.98 Å². The summed E-state index contributed by atoms with van der Waals surface area (Å²) in [5.74, 6) is -1.82. The molecule has 1 heterocycles. The first-order valence-corrected chi connectivity index (χ1v) is 5.33. The van der Waals surface area contributed by atoms with Gasteiger partial charge in [0.1, 0.15) is 12.4 Å². The Morgan fingerprint density at radius 2 is 2.29 bits per heavy atom. The normalized spacial score (nSPS) is 21.2. The zero-order valence-corrected chi connectivity index (χ0v) is 9.54. The number of carboxylic acids is 1. The zero-order valence-electron chi connectivity index (χ0n) is 9.54. The standard InChI is InChI=1S/C10H16N4O3/c1-6(7-4-12-5-13-7)9(10(16)17)14-8(15)2-3-11/h4-7,9H,2-3,11H2,1H3,(H,14,15)(H,16,17)/t6?,7?,9-/m0/s1. The van der Waals surface area contributed by atoms with Crippen molar-refractivity contribution in [2.75, 3.05) is 6.54 Å². The predicted octanol–water partition coefficient (Wildman–Crippen LogP) is -0.978. The Kier molecular flexibility index (Phi) is 4.77. The molecular weight excluding hydrogens is 224 g/mol. The van der Waals surface area contributed by atoms with Crippen molar-refractivity contribution >= 4 is 24.4 Å². The van der Waals surface area contributed by atoms with Gasteiger partial charge >= 0.3 is 5.97 Å². The van der Waals surface area contributed by atoms with E-state index >= 15 is 0 Å². The third-order valence-corrected chi connectivity index (χ3v) is 2.56. The van der Waals surface area contributed by atoms with Crippen LogP contribution in [-0.2, 0) is 9.59 Å². The molecule has 1 rings (SSSR count). The van der Waals surface area contributed by atoms with Crippen LogP contribution in [0.5, 0.6) is 0 Å². The number of carboxylic acid groups (broad SMARTS) is 1. The maximum absolute atomic E-state index is 11.4. The van der Waals surface area contributed by atoms with Crippen LogP contribution in [0, 0.1) is 5.92 Å². The maximum Gasteiger partial charge on any atom is 0.326 e. The van der Waals surface area contributed by atoms with E-state index in [4.69, 9.17) is 10.8 Å².